The van der Waals surface area contributed by atoms with E-state index in [-0.39, 0.29) is 17.2 Å². The van der Waals surface area contributed by atoms with Crippen LogP contribution in [0.4, 0.5) is 5.69 Å². The highest BCUT2D eigenvalue weighted by Gasteiger charge is 2.67. The largest absolute Gasteiger partial charge is 0.495 e. The van der Waals surface area contributed by atoms with E-state index in [0.717, 1.165) is 12.8 Å². The number of hydrogen-bond donors (Lipinski definition) is 1. The van der Waals surface area contributed by atoms with Crippen molar-refractivity contribution in [1.29, 1.82) is 0 Å². The lowest BCUT2D eigenvalue weighted by molar-refractivity contribution is -0.118. The number of anilines is 1. The molecule has 2 aliphatic carbocycles. The molecule has 0 aliphatic heterocycles. The van der Waals surface area contributed by atoms with E-state index in [0.29, 0.717) is 22.4 Å². The molecular formula is C22H24ClNO2. The molecule has 2 aromatic carbocycles. The van der Waals surface area contributed by atoms with Gasteiger partial charge in [0.15, 0.2) is 0 Å². The van der Waals surface area contributed by atoms with Crippen LogP contribution < -0.4 is 10.1 Å². The number of amides is 1. The predicted molar refractivity (Wildman–Crippen MR) is 105 cm³/mol. The van der Waals surface area contributed by atoms with Crippen molar-refractivity contribution in [3.8, 4) is 5.75 Å². The number of halogens is 1. The lowest BCUT2D eigenvalue weighted by Crippen LogP contribution is -2.20. The average molecular weight is 370 g/mol. The molecule has 26 heavy (non-hydrogen) atoms. The van der Waals surface area contributed by atoms with Gasteiger partial charge in [-0.3, -0.25) is 4.79 Å². The van der Waals surface area contributed by atoms with Crippen LogP contribution in [0.25, 0.3) is 0 Å². The maximum Gasteiger partial charge on any atom is 0.228 e. The molecule has 4 heteroatoms. The van der Waals surface area contributed by atoms with E-state index in [4.69, 9.17) is 16.3 Å². The molecule has 3 nitrogen and oxygen atoms in total. The molecular weight excluding hydrogens is 346 g/mol. The molecule has 0 saturated heterocycles. The lowest BCUT2D eigenvalue weighted by atomic mass is 9.82. The fraction of sp³-hybridized carbons (Fsp3) is 0.409. The molecule has 2 atom stereocenters. The molecule has 4 rings (SSSR count). The van der Waals surface area contributed by atoms with Crippen LogP contribution in [0, 0.1) is 11.3 Å². The monoisotopic (exact) mass is 369 g/mol. The SMILES string of the molecule is COc1ccc(Cl)cc1NC(=O)[C@@H]1[C@@H](c2ccccc2)C12CCCCC2. The van der Waals surface area contributed by atoms with Gasteiger partial charge >= 0.3 is 0 Å². The van der Waals surface area contributed by atoms with Gasteiger partial charge in [-0.2, -0.15) is 0 Å². The molecule has 0 radical (unpaired) electrons. The number of nitrogens with one attached hydrogen (secondary N) is 1. The van der Waals surface area contributed by atoms with E-state index in [1.54, 1.807) is 25.3 Å². The highest BCUT2D eigenvalue weighted by Crippen LogP contribution is 2.71. The van der Waals surface area contributed by atoms with E-state index in [1.807, 2.05) is 6.07 Å². The second kappa shape index (κ2) is 6.96. The molecule has 0 aromatic heterocycles. The zero-order chi connectivity index (χ0) is 18.1. The summed E-state index contributed by atoms with van der Waals surface area (Å²) >= 11 is 6.11. The standard InChI is InChI=1S/C22H24ClNO2/c1-26-18-11-10-16(23)14-17(18)24-21(25)20-19(15-8-4-2-5-9-15)22(20)12-6-3-7-13-22/h2,4-5,8-11,14,19-20H,3,6-7,12-13H2,1H3,(H,24,25)/t19-,20+/m1/s1. The summed E-state index contributed by atoms with van der Waals surface area (Å²) in [7, 11) is 1.60. The molecule has 2 aromatic rings. The zero-order valence-corrected chi connectivity index (χ0v) is 15.8. The average Bonchev–Trinajstić information content (AvgIpc) is 3.30. The van der Waals surface area contributed by atoms with Crippen LogP contribution in [0.1, 0.15) is 43.6 Å². The normalized spacial score (nSPS) is 23.5. The quantitative estimate of drug-likeness (QED) is 0.756. The number of benzene rings is 2. The number of rotatable bonds is 4. The smallest absolute Gasteiger partial charge is 0.228 e. The predicted octanol–water partition coefficient (Wildman–Crippen LogP) is 5.65. The van der Waals surface area contributed by atoms with Crippen molar-refractivity contribution < 1.29 is 9.53 Å². The Morgan fingerprint density at radius 1 is 1.12 bits per heavy atom. The van der Waals surface area contributed by atoms with Gasteiger partial charge in [0.05, 0.1) is 18.7 Å². The van der Waals surface area contributed by atoms with Crippen LogP contribution in [-0.2, 0) is 4.79 Å². The summed E-state index contributed by atoms with van der Waals surface area (Å²) in [4.78, 5) is 13.2. The number of carbonyl (C=O) groups excluding carboxylic acids is 1. The number of ether oxygens (including phenoxy) is 1. The highest BCUT2D eigenvalue weighted by atomic mass is 35.5. The Morgan fingerprint density at radius 3 is 2.54 bits per heavy atom. The van der Waals surface area contributed by atoms with Crippen LogP contribution in [-0.4, -0.2) is 13.0 Å². The number of methoxy groups -OCH3 is 1. The number of hydrogen-bond acceptors (Lipinski definition) is 2. The van der Waals surface area contributed by atoms with Crippen molar-refractivity contribution in [3.63, 3.8) is 0 Å². The first-order valence-corrected chi connectivity index (χ1v) is 9.73. The number of carbonyl (C=O) groups is 1. The molecule has 1 spiro atoms. The van der Waals surface area contributed by atoms with Crippen molar-refractivity contribution in [2.45, 2.75) is 38.0 Å². The van der Waals surface area contributed by atoms with E-state index in [2.05, 4.69) is 29.6 Å². The van der Waals surface area contributed by atoms with Crippen LogP contribution >= 0.6 is 11.6 Å². The summed E-state index contributed by atoms with van der Waals surface area (Å²) in [5.41, 5.74) is 2.05. The first kappa shape index (κ1) is 17.4. The van der Waals surface area contributed by atoms with Gasteiger partial charge in [-0.05, 0) is 42.0 Å². The lowest BCUT2D eigenvalue weighted by Gasteiger charge is -2.23. The first-order chi connectivity index (χ1) is 12.7. The minimum atomic E-state index is 0.0221. The minimum Gasteiger partial charge on any atom is -0.495 e. The third kappa shape index (κ3) is 2.99. The Hall–Kier alpha value is -2.00. The fourth-order valence-electron chi connectivity index (χ4n) is 4.91. The van der Waals surface area contributed by atoms with Gasteiger partial charge in [-0.25, -0.2) is 0 Å². The molecule has 2 fully saturated rings. The Balaban J connectivity index is 1.61. The van der Waals surface area contributed by atoms with Gasteiger partial charge in [0.25, 0.3) is 0 Å². The second-order valence-electron chi connectivity index (χ2n) is 7.49. The van der Waals surface area contributed by atoms with Crippen molar-refractivity contribution in [3.05, 3.63) is 59.1 Å². The summed E-state index contributed by atoms with van der Waals surface area (Å²) < 4.78 is 5.38. The molecule has 2 saturated carbocycles. The van der Waals surface area contributed by atoms with Gasteiger partial charge < -0.3 is 10.1 Å². The first-order valence-electron chi connectivity index (χ1n) is 9.35. The Bertz CT molecular complexity index is 799. The maximum absolute atomic E-state index is 13.2. The summed E-state index contributed by atoms with van der Waals surface area (Å²) in [5.74, 6) is 1.06. The van der Waals surface area contributed by atoms with Gasteiger partial charge in [0.1, 0.15) is 5.75 Å². The second-order valence-corrected chi connectivity index (χ2v) is 7.93. The topological polar surface area (TPSA) is 38.3 Å². The van der Waals surface area contributed by atoms with Gasteiger partial charge in [-0.1, -0.05) is 61.2 Å². The van der Waals surface area contributed by atoms with E-state index in [1.165, 1.54) is 24.8 Å². The van der Waals surface area contributed by atoms with Gasteiger partial charge in [0.2, 0.25) is 5.91 Å². The Morgan fingerprint density at radius 2 is 1.85 bits per heavy atom. The summed E-state index contributed by atoms with van der Waals surface area (Å²) in [6.07, 6.45) is 5.98. The van der Waals surface area contributed by atoms with E-state index >= 15 is 0 Å². The summed E-state index contributed by atoms with van der Waals surface area (Å²) in [6, 6.07) is 15.8. The summed E-state index contributed by atoms with van der Waals surface area (Å²) in [6.45, 7) is 0. The fourth-order valence-corrected chi connectivity index (χ4v) is 5.08. The molecule has 136 valence electrons. The third-order valence-corrected chi connectivity index (χ3v) is 6.34. The third-order valence-electron chi connectivity index (χ3n) is 6.11. The summed E-state index contributed by atoms with van der Waals surface area (Å²) in [5, 5.41) is 3.67. The Kier molecular flexibility index (Phi) is 4.66. The van der Waals surface area contributed by atoms with Crippen LogP contribution in [0.3, 0.4) is 0 Å². The van der Waals surface area contributed by atoms with Gasteiger partial charge in [0, 0.05) is 10.9 Å². The molecule has 0 unspecified atom stereocenters. The minimum absolute atomic E-state index is 0.0221. The van der Waals surface area contributed by atoms with E-state index in [9.17, 15) is 4.79 Å². The van der Waals surface area contributed by atoms with Crippen LogP contribution in [0.5, 0.6) is 5.75 Å². The molecule has 2 aliphatic rings. The zero-order valence-electron chi connectivity index (χ0n) is 15.0. The van der Waals surface area contributed by atoms with Gasteiger partial charge in [-0.15, -0.1) is 0 Å². The highest BCUT2D eigenvalue weighted by molar-refractivity contribution is 6.31. The van der Waals surface area contributed by atoms with Crippen molar-refractivity contribution in [1.82, 2.24) is 0 Å². The van der Waals surface area contributed by atoms with Crippen LogP contribution in [0.2, 0.25) is 5.02 Å². The maximum atomic E-state index is 13.2. The van der Waals surface area contributed by atoms with Crippen LogP contribution in [0.15, 0.2) is 48.5 Å². The molecule has 0 heterocycles. The van der Waals surface area contributed by atoms with Crippen molar-refractivity contribution in [2.75, 3.05) is 12.4 Å². The van der Waals surface area contributed by atoms with E-state index < -0.39 is 0 Å². The van der Waals surface area contributed by atoms with Crippen molar-refractivity contribution >= 4 is 23.2 Å². The van der Waals surface area contributed by atoms with Crippen molar-refractivity contribution in [2.24, 2.45) is 11.3 Å². The Labute approximate surface area is 159 Å². The molecule has 1 amide bonds. The molecule has 1 N–H and O–H groups in total. The molecule has 0 bridgehead atoms.